The van der Waals surface area contributed by atoms with Crippen LogP contribution in [0.3, 0.4) is 0 Å². The fourth-order valence-electron chi connectivity index (χ4n) is 4.15. The molecule has 0 aromatic heterocycles. The van der Waals surface area contributed by atoms with Crippen LogP contribution in [0.15, 0.2) is 0 Å². The van der Waals surface area contributed by atoms with Gasteiger partial charge in [0.05, 0.1) is 19.3 Å². The van der Waals surface area contributed by atoms with Crippen LogP contribution in [0.25, 0.3) is 0 Å². The Balaban J connectivity index is 1.77. The molecule has 3 heterocycles. The van der Waals surface area contributed by atoms with E-state index in [-0.39, 0.29) is 0 Å². The molecule has 3 fully saturated rings. The molecule has 3 rings (SSSR count). The summed E-state index contributed by atoms with van der Waals surface area (Å²) in [5, 5.41) is 91.0. The van der Waals surface area contributed by atoms with Crippen LogP contribution >= 0.6 is 0 Å². The number of methoxy groups -OCH3 is 1. The monoisotopic (exact) mass is 502 g/mol. The second kappa shape index (κ2) is 11.6. The first-order valence-electron chi connectivity index (χ1n) is 10.8. The van der Waals surface area contributed by atoms with Gasteiger partial charge >= 0.3 is 0 Å². The molecule has 34 heavy (non-hydrogen) atoms. The van der Waals surface area contributed by atoms with Gasteiger partial charge in [-0.2, -0.15) is 0 Å². The van der Waals surface area contributed by atoms with Crippen LogP contribution in [0.5, 0.6) is 0 Å². The number of hydrogen-bond acceptors (Lipinski definition) is 15. The SMILES string of the molecule is CO[C@H]1O[C@H](CO)[C@@H](O)[C@H](O)[C@@H]1O[C@H]1O[C@H](CO)[C@@H](O)[C@H](O[C@H]2O[C@H](C)[C@@H](O)[C@H](O)[C@H]2O)[C@@H]1O. The van der Waals surface area contributed by atoms with Gasteiger partial charge in [0.15, 0.2) is 18.9 Å². The van der Waals surface area contributed by atoms with E-state index in [1.54, 1.807) is 0 Å². The Morgan fingerprint density at radius 3 is 1.68 bits per heavy atom. The van der Waals surface area contributed by atoms with Crippen molar-refractivity contribution in [3.05, 3.63) is 0 Å². The highest BCUT2D eigenvalue weighted by Gasteiger charge is 2.53. The van der Waals surface area contributed by atoms with Crippen molar-refractivity contribution >= 4 is 0 Å². The van der Waals surface area contributed by atoms with E-state index in [0.717, 1.165) is 0 Å². The van der Waals surface area contributed by atoms with E-state index < -0.39 is 105 Å². The first-order valence-corrected chi connectivity index (χ1v) is 10.8. The maximum Gasteiger partial charge on any atom is 0.187 e. The summed E-state index contributed by atoms with van der Waals surface area (Å²) in [6.07, 6.45) is -22.5. The minimum Gasteiger partial charge on any atom is -0.394 e. The third-order valence-corrected chi connectivity index (χ3v) is 6.27. The van der Waals surface area contributed by atoms with E-state index in [1.807, 2.05) is 0 Å². The molecule has 0 bridgehead atoms. The molecule has 15 nitrogen and oxygen atoms in total. The highest BCUT2D eigenvalue weighted by molar-refractivity contribution is 4.95. The quantitative estimate of drug-likeness (QED) is 0.157. The molecule has 15 atom stereocenters. The van der Waals surface area contributed by atoms with Gasteiger partial charge < -0.3 is 74.4 Å². The Labute approximate surface area is 194 Å². The molecule has 0 aliphatic carbocycles. The summed E-state index contributed by atoms with van der Waals surface area (Å²) in [4.78, 5) is 0. The molecule has 0 aromatic rings. The molecular weight excluding hydrogens is 468 g/mol. The fraction of sp³-hybridized carbons (Fsp3) is 1.00. The third kappa shape index (κ3) is 5.39. The van der Waals surface area contributed by atoms with Gasteiger partial charge in [0, 0.05) is 7.11 Å². The van der Waals surface area contributed by atoms with Crippen LogP contribution in [0.1, 0.15) is 6.92 Å². The van der Waals surface area contributed by atoms with Crippen molar-refractivity contribution in [3.8, 4) is 0 Å². The van der Waals surface area contributed by atoms with Gasteiger partial charge in [0.1, 0.15) is 67.1 Å². The smallest absolute Gasteiger partial charge is 0.187 e. The van der Waals surface area contributed by atoms with Crippen LogP contribution in [0.2, 0.25) is 0 Å². The molecule has 3 aliphatic heterocycles. The lowest BCUT2D eigenvalue weighted by Crippen LogP contribution is -2.66. The summed E-state index contributed by atoms with van der Waals surface area (Å²) in [5.74, 6) is 0. The van der Waals surface area contributed by atoms with Crippen molar-refractivity contribution in [2.24, 2.45) is 0 Å². The van der Waals surface area contributed by atoms with Crippen molar-refractivity contribution in [1.29, 1.82) is 0 Å². The van der Waals surface area contributed by atoms with E-state index in [9.17, 15) is 46.0 Å². The molecule has 3 aliphatic rings. The number of aliphatic hydroxyl groups is 9. The van der Waals surface area contributed by atoms with E-state index in [2.05, 4.69) is 0 Å². The Morgan fingerprint density at radius 1 is 0.559 bits per heavy atom. The minimum absolute atomic E-state index is 0.620. The normalized spacial score (nSPS) is 52.5. The van der Waals surface area contributed by atoms with Crippen LogP contribution in [0, 0.1) is 0 Å². The Bertz CT molecular complexity index is 639. The minimum atomic E-state index is -1.80. The fourth-order valence-corrected chi connectivity index (χ4v) is 4.15. The largest absolute Gasteiger partial charge is 0.394 e. The summed E-state index contributed by atoms with van der Waals surface area (Å²) >= 11 is 0. The maximum atomic E-state index is 10.8. The molecule has 3 saturated heterocycles. The summed E-state index contributed by atoms with van der Waals surface area (Å²) in [6.45, 7) is 0.0481. The Kier molecular flexibility index (Phi) is 9.57. The predicted molar refractivity (Wildman–Crippen MR) is 105 cm³/mol. The summed E-state index contributed by atoms with van der Waals surface area (Å²) < 4.78 is 32.3. The van der Waals surface area contributed by atoms with Gasteiger partial charge in [-0.25, -0.2) is 0 Å². The topological polar surface area (TPSA) is 237 Å². The van der Waals surface area contributed by atoms with Crippen LogP contribution in [0.4, 0.5) is 0 Å². The average Bonchev–Trinajstić information content (AvgIpc) is 2.83. The van der Waals surface area contributed by atoms with Crippen molar-refractivity contribution in [2.45, 2.75) is 99.0 Å². The first-order chi connectivity index (χ1) is 16.0. The molecule has 200 valence electrons. The lowest BCUT2D eigenvalue weighted by atomic mass is 9.96. The zero-order valence-electron chi connectivity index (χ0n) is 18.5. The van der Waals surface area contributed by atoms with E-state index in [0.29, 0.717) is 0 Å². The van der Waals surface area contributed by atoms with E-state index >= 15 is 0 Å². The van der Waals surface area contributed by atoms with E-state index in [4.69, 9.17) is 28.4 Å². The maximum absolute atomic E-state index is 10.8. The summed E-state index contributed by atoms with van der Waals surface area (Å²) in [6, 6.07) is 0. The van der Waals surface area contributed by atoms with Crippen LogP contribution < -0.4 is 0 Å². The molecule has 0 saturated carbocycles. The van der Waals surface area contributed by atoms with Gasteiger partial charge in [-0.1, -0.05) is 0 Å². The number of rotatable bonds is 7. The standard InChI is InChI=1S/C19H34O15/c1-5-8(22)11(25)13(27)17(30-5)33-15-10(24)7(4-21)31-18(14(15)28)34-16-12(26)9(23)6(3-20)32-19(16)29-2/h5-28H,3-4H2,1-2H3/t5-,6-,7-,8-,9-,10-,11+,12+,13-,14+,15+,16+,17-,18-,19+/m1/s1. The van der Waals surface area contributed by atoms with Gasteiger partial charge in [-0.3, -0.25) is 0 Å². The molecule has 0 radical (unpaired) electrons. The van der Waals surface area contributed by atoms with Gasteiger partial charge in [0.2, 0.25) is 0 Å². The lowest BCUT2D eigenvalue weighted by Gasteiger charge is -2.48. The highest BCUT2D eigenvalue weighted by atomic mass is 16.8. The zero-order chi connectivity index (χ0) is 25.3. The van der Waals surface area contributed by atoms with Crippen molar-refractivity contribution in [3.63, 3.8) is 0 Å². The zero-order valence-corrected chi connectivity index (χ0v) is 18.5. The third-order valence-electron chi connectivity index (χ3n) is 6.27. The number of aliphatic hydroxyl groups excluding tert-OH is 9. The van der Waals surface area contributed by atoms with Crippen molar-refractivity contribution < 1.29 is 74.4 Å². The van der Waals surface area contributed by atoms with E-state index in [1.165, 1.54) is 14.0 Å². The van der Waals surface area contributed by atoms with Crippen LogP contribution in [-0.2, 0) is 28.4 Å². The van der Waals surface area contributed by atoms with Crippen molar-refractivity contribution in [2.75, 3.05) is 20.3 Å². The highest BCUT2D eigenvalue weighted by Crippen LogP contribution is 2.32. The average molecular weight is 502 g/mol. The second-order valence-corrected chi connectivity index (χ2v) is 8.53. The van der Waals surface area contributed by atoms with Crippen molar-refractivity contribution in [1.82, 2.24) is 0 Å². The molecule has 0 spiro atoms. The Morgan fingerprint density at radius 2 is 1.09 bits per heavy atom. The molecule has 15 heteroatoms. The van der Waals surface area contributed by atoms with Crippen LogP contribution in [-0.4, -0.2) is 158 Å². The lowest BCUT2D eigenvalue weighted by molar-refractivity contribution is -0.383. The number of hydrogen-bond donors (Lipinski definition) is 9. The van der Waals surface area contributed by atoms with Gasteiger partial charge in [0.25, 0.3) is 0 Å². The first kappa shape index (κ1) is 28.0. The number of ether oxygens (including phenoxy) is 6. The molecular formula is C19H34O15. The predicted octanol–water partition coefficient (Wildman–Crippen LogP) is -5.89. The Hall–Kier alpha value is -0.600. The summed E-state index contributed by atoms with van der Waals surface area (Å²) in [5.41, 5.74) is 0. The van der Waals surface area contributed by atoms with Gasteiger partial charge in [-0.05, 0) is 6.92 Å². The molecule has 0 unspecified atom stereocenters. The van der Waals surface area contributed by atoms with Gasteiger partial charge in [-0.15, -0.1) is 0 Å². The molecule has 0 amide bonds. The second-order valence-electron chi connectivity index (χ2n) is 8.53. The molecule has 9 N–H and O–H groups in total. The molecule has 0 aromatic carbocycles. The summed E-state index contributed by atoms with van der Waals surface area (Å²) in [7, 11) is 1.22.